The van der Waals surface area contributed by atoms with Crippen LogP contribution in [0.3, 0.4) is 0 Å². The molecule has 2 aromatic carbocycles. The average Bonchev–Trinajstić information content (AvgIpc) is 2.46. The summed E-state index contributed by atoms with van der Waals surface area (Å²) in [5.41, 5.74) is 4.29. The van der Waals surface area contributed by atoms with Gasteiger partial charge in [0.25, 0.3) is 0 Å². The van der Waals surface area contributed by atoms with Gasteiger partial charge in [0, 0.05) is 20.3 Å². The van der Waals surface area contributed by atoms with Crippen LogP contribution in [0.25, 0.3) is 0 Å². The van der Waals surface area contributed by atoms with Crippen molar-refractivity contribution in [2.75, 3.05) is 0 Å². The highest BCUT2D eigenvalue weighted by Gasteiger charge is 2.34. The van der Waals surface area contributed by atoms with Crippen molar-refractivity contribution in [3.05, 3.63) is 65.2 Å². The van der Waals surface area contributed by atoms with E-state index < -0.39 is 0 Å². The van der Waals surface area contributed by atoms with Crippen molar-refractivity contribution in [1.82, 2.24) is 0 Å². The Hall–Kier alpha value is -2.13. The molecule has 0 bridgehead atoms. The van der Waals surface area contributed by atoms with Crippen LogP contribution >= 0.6 is 0 Å². The summed E-state index contributed by atoms with van der Waals surface area (Å²) < 4.78 is 0. The Kier molecular flexibility index (Phi) is 3.75. The van der Waals surface area contributed by atoms with Gasteiger partial charge in [-0.3, -0.25) is 0 Å². The maximum atomic E-state index is 10.2. The molecule has 3 heteroatoms. The molecule has 0 aromatic heterocycles. The molecule has 114 valence electrons. The van der Waals surface area contributed by atoms with Crippen molar-refractivity contribution < 1.29 is 10.4 Å². The lowest BCUT2D eigenvalue weighted by atomic mass is 9.92. The normalized spacial score (nSPS) is 20.5. The van der Waals surface area contributed by atoms with Gasteiger partial charge >= 0.3 is 0 Å². The number of aromatic hydroxyl groups is 1. The van der Waals surface area contributed by atoms with E-state index >= 15 is 0 Å². The maximum Gasteiger partial charge on any atom is 0.184 e. The van der Waals surface area contributed by atoms with Gasteiger partial charge in [-0.1, -0.05) is 42.0 Å². The van der Waals surface area contributed by atoms with Crippen LogP contribution in [-0.2, 0) is 0 Å². The molecular weight excluding hydrogens is 272 g/mol. The molecule has 0 spiro atoms. The number of hydrogen-bond donors (Lipinski definition) is 2. The third-order valence-corrected chi connectivity index (χ3v) is 4.17. The maximum absolute atomic E-state index is 10.2. The minimum Gasteiger partial charge on any atom is -0.507 e. The van der Waals surface area contributed by atoms with Crippen LogP contribution in [-0.4, -0.2) is 16.5 Å². The number of benzene rings is 2. The third-order valence-electron chi connectivity index (χ3n) is 4.17. The van der Waals surface area contributed by atoms with E-state index in [1.807, 2.05) is 18.2 Å². The number of quaternary nitrogens is 1. The van der Waals surface area contributed by atoms with Crippen molar-refractivity contribution in [2.24, 2.45) is 4.99 Å². The summed E-state index contributed by atoms with van der Waals surface area (Å²) in [6.45, 7) is 6.33. The highest BCUT2D eigenvalue weighted by atomic mass is 16.3. The number of hydrogen-bond acceptors (Lipinski definition) is 2. The molecule has 3 nitrogen and oxygen atoms in total. The number of nitrogens with two attached hydrogens (primary N) is 1. The molecule has 1 aliphatic heterocycles. The highest BCUT2D eigenvalue weighted by Crippen LogP contribution is 2.28. The molecule has 0 saturated carbocycles. The van der Waals surface area contributed by atoms with Crippen LogP contribution in [0.2, 0.25) is 0 Å². The molecule has 0 aliphatic carbocycles. The van der Waals surface area contributed by atoms with E-state index in [0.717, 1.165) is 17.7 Å². The van der Waals surface area contributed by atoms with Gasteiger partial charge in [0.2, 0.25) is 0 Å². The van der Waals surface area contributed by atoms with E-state index in [1.165, 1.54) is 11.1 Å². The van der Waals surface area contributed by atoms with Crippen LogP contribution in [0.15, 0.2) is 53.5 Å². The van der Waals surface area contributed by atoms with Crippen molar-refractivity contribution in [1.29, 1.82) is 0 Å². The molecule has 0 radical (unpaired) electrons. The zero-order chi connectivity index (χ0) is 15.7. The number of nitrogens with zero attached hydrogens (tertiary/aromatic N) is 1. The van der Waals surface area contributed by atoms with Gasteiger partial charge < -0.3 is 10.4 Å². The van der Waals surface area contributed by atoms with Crippen LogP contribution in [0, 0.1) is 6.92 Å². The molecule has 1 aliphatic rings. The minimum atomic E-state index is -0.231. The van der Waals surface area contributed by atoms with E-state index in [-0.39, 0.29) is 11.7 Å². The van der Waals surface area contributed by atoms with Gasteiger partial charge in [-0.2, -0.15) is 0 Å². The first kappa shape index (κ1) is 14.8. The number of phenols is 1. The molecule has 2 aromatic rings. The van der Waals surface area contributed by atoms with Crippen LogP contribution < -0.4 is 5.32 Å². The monoisotopic (exact) mass is 295 g/mol. The number of aryl methyl sites for hydroxylation is 1. The lowest BCUT2D eigenvalue weighted by Gasteiger charge is -2.32. The predicted molar refractivity (Wildman–Crippen MR) is 89.2 cm³/mol. The van der Waals surface area contributed by atoms with Crippen molar-refractivity contribution in [3.8, 4) is 5.75 Å². The molecule has 0 unspecified atom stereocenters. The first-order valence-corrected chi connectivity index (χ1v) is 7.74. The molecule has 0 saturated heterocycles. The summed E-state index contributed by atoms with van der Waals surface area (Å²) in [6.07, 6.45) is 0.823. The van der Waals surface area contributed by atoms with Crippen LogP contribution in [0.5, 0.6) is 5.75 Å². The van der Waals surface area contributed by atoms with Crippen LogP contribution in [0.1, 0.15) is 43.0 Å². The summed E-state index contributed by atoms with van der Waals surface area (Å²) in [7, 11) is 0. The van der Waals surface area contributed by atoms with E-state index in [1.54, 1.807) is 6.07 Å². The molecule has 3 N–H and O–H groups in total. The molecule has 3 rings (SSSR count). The predicted octanol–water partition coefficient (Wildman–Crippen LogP) is 2.93. The van der Waals surface area contributed by atoms with E-state index in [9.17, 15) is 5.11 Å². The van der Waals surface area contributed by atoms with Gasteiger partial charge in [-0.15, -0.1) is 0 Å². The Balaban J connectivity index is 1.97. The summed E-state index contributed by atoms with van der Waals surface area (Å²) in [5, 5.41) is 12.4. The van der Waals surface area contributed by atoms with E-state index in [4.69, 9.17) is 4.99 Å². The first-order valence-electron chi connectivity index (χ1n) is 7.74. The summed E-state index contributed by atoms with van der Waals surface area (Å²) in [5.74, 6) is 0.365. The average molecular weight is 295 g/mol. The van der Waals surface area contributed by atoms with E-state index in [2.05, 4.69) is 50.4 Å². The number of aliphatic imine (C=N–C) groups is 1. The number of rotatable bonds is 2. The lowest BCUT2D eigenvalue weighted by Crippen LogP contribution is -2.96. The minimum absolute atomic E-state index is 0.185. The van der Waals surface area contributed by atoms with Gasteiger partial charge in [0.05, 0.1) is 11.3 Å². The van der Waals surface area contributed by atoms with Crippen LogP contribution in [0.4, 0.5) is 0 Å². The SMILES string of the molecule is Cc1ccc(C2=NC(C)(C)[NH2+][C@H](c3ccccc3O)C2)cc1. The zero-order valence-electron chi connectivity index (χ0n) is 13.4. The van der Waals surface area contributed by atoms with Gasteiger partial charge in [0.1, 0.15) is 11.8 Å². The number of phenolic OH excluding ortho intramolecular Hbond substituents is 1. The fourth-order valence-corrected chi connectivity index (χ4v) is 3.12. The zero-order valence-corrected chi connectivity index (χ0v) is 13.4. The van der Waals surface area contributed by atoms with E-state index in [0.29, 0.717) is 5.75 Å². The summed E-state index contributed by atoms with van der Waals surface area (Å²) >= 11 is 0. The van der Waals surface area contributed by atoms with Gasteiger partial charge in [-0.25, -0.2) is 4.99 Å². The Morgan fingerprint density at radius 3 is 2.45 bits per heavy atom. The Morgan fingerprint density at radius 1 is 1.09 bits per heavy atom. The summed E-state index contributed by atoms with van der Waals surface area (Å²) in [6, 6.07) is 16.3. The molecule has 1 atom stereocenters. The largest absolute Gasteiger partial charge is 0.507 e. The molecule has 22 heavy (non-hydrogen) atoms. The lowest BCUT2D eigenvalue weighted by molar-refractivity contribution is -0.757. The third kappa shape index (κ3) is 3.04. The van der Waals surface area contributed by atoms with Crippen molar-refractivity contribution in [2.45, 2.75) is 38.9 Å². The van der Waals surface area contributed by atoms with Crippen molar-refractivity contribution >= 4 is 5.71 Å². The first-order chi connectivity index (χ1) is 10.4. The fourth-order valence-electron chi connectivity index (χ4n) is 3.12. The Labute approximate surface area is 131 Å². The van der Waals surface area contributed by atoms with Crippen molar-refractivity contribution in [3.63, 3.8) is 0 Å². The second-order valence-electron chi connectivity index (χ2n) is 6.61. The molecule has 1 heterocycles. The summed E-state index contributed by atoms with van der Waals surface area (Å²) in [4.78, 5) is 4.90. The smallest absolute Gasteiger partial charge is 0.184 e. The van der Waals surface area contributed by atoms with Gasteiger partial charge in [-0.05, 0) is 24.6 Å². The standard InChI is InChI=1S/C19H22N2O/c1-13-8-10-14(11-9-13)16-12-17(21-19(2,3)20-16)15-6-4-5-7-18(15)22/h4-11,17,21-22H,12H2,1-3H3/p+1/t17-/m0/s1. The molecular formula is C19H23N2O+. The van der Waals surface area contributed by atoms with Gasteiger partial charge in [0.15, 0.2) is 5.66 Å². The Bertz CT molecular complexity index is 702. The quantitative estimate of drug-likeness (QED) is 0.879. The number of para-hydroxylation sites is 1. The second-order valence-corrected chi connectivity index (χ2v) is 6.61. The Morgan fingerprint density at radius 2 is 1.77 bits per heavy atom. The fraction of sp³-hybridized carbons (Fsp3) is 0.316. The second kappa shape index (κ2) is 5.58. The highest BCUT2D eigenvalue weighted by molar-refractivity contribution is 6.01. The molecule has 0 fully saturated rings. The topological polar surface area (TPSA) is 49.2 Å². The molecule has 0 amide bonds.